The van der Waals surface area contributed by atoms with Crippen LogP contribution in [0, 0.1) is 0 Å². The Balaban J connectivity index is 1.37. The van der Waals surface area contributed by atoms with Gasteiger partial charge in [-0.05, 0) is 51.4 Å². The Bertz CT molecular complexity index is 1980. The topological polar surface area (TPSA) is 307 Å². The Morgan fingerprint density at radius 3 is 1.09 bits per heavy atom. The summed E-state index contributed by atoms with van der Waals surface area (Å²) in [6.07, 6.45) is 49.1. The number of nitrogens with one attached hydrogen (secondary N) is 1. The summed E-state index contributed by atoms with van der Waals surface area (Å²) in [5.41, 5.74) is 0. The van der Waals surface area contributed by atoms with Gasteiger partial charge in [0.15, 0.2) is 18.9 Å². The number of hydrogen-bond acceptors (Lipinski definition) is 18. The minimum absolute atomic E-state index is 0.240. The average Bonchev–Trinajstić information content (AvgIpc) is 0.784. The third-order valence-electron chi connectivity index (χ3n) is 20.2. The molecule has 3 aliphatic heterocycles. The van der Waals surface area contributed by atoms with Crippen molar-refractivity contribution in [3.63, 3.8) is 0 Å². The maximum atomic E-state index is 13.5. The van der Waals surface area contributed by atoms with E-state index in [1.165, 1.54) is 218 Å². The molecule has 3 aliphatic rings. The largest absolute Gasteiger partial charge is 0.394 e. The zero-order chi connectivity index (χ0) is 71.8. The highest BCUT2D eigenvalue weighted by Crippen LogP contribution is 2.33. The minimum Gasteiger partial charge on any atom is -0.394 e. The Morgan fingerprint density at radius 1 is 0.374 bits per heavy atom. The summed E-state index contributed by atoms with van der Waals surface area (Å²) in [7, 11) is 0. The molecule has 17 unspecified atom stereocenters. The third-order valence-corrected chi connectivity index (χ3v) is 20.2. The van der Waals surface area contributed by atoms with Gasteiger partial charge in [0, 0.05) is 6.42 Å². The molecule has 19 heteroatoms. The maximum absolute atomic E-state index is 13.5. The van der Waals surface area contributed by atoms with E-state index in [-0.39, 0.29) is 18.9 Å². The van der Waals surface area contributed by atoms with E-state index in [0.717, 1.165) is 70.6 Å². The van der Waals surface area contributed by atoms with Gasteiger partial charge in [-0.2, -0.15) is 0 Å². The van der Waals surface area contributed by atoms with E-state index in [1.54, 1.807) is 0 Å². The van der Waals surface area contributed by atoms with Crippen LogP contribution >= 0.6 is 0 Å². The summed E-state index contributed by atoms with van der Waals surface area (Å²) in [5, 5.41) is 121. The molecule has 0 aromatic heterocycles. The average molecular weight is 1410 g/mol. The molecule has 0 aromatic rings. The molecule has 0 aromatic carbocycles. The molecule has 19 nitrogen and oxygen atoms in total. The van der Waals surface area contributed by atoms with Crippen molar-refractivity contribution < 1.29 is 89.4 Å². The van der Waals surface area contributed by atoms with Crippen LogP contribution in [0.3, 0.4) is 0 Å². The van der Waals surface area contributed by atoms with Crippen molar-refractivity contribution in [1.82, 2.24) is 5.32 Å². The molecule has 0 aliphatic carbocycles. The van der Waals surface area contributed by atoms with Gasteiger partial charge < -0.3 is 89.9 Å². The minimum atomic E-state index is -1.97. The van der Waals surface area contributed by atoms with Gasteiger partial charge in [-0.1, -0.05) is 313 Å². The first-order valence-corrected chi connectivity index (χ1v) is 40.4. The number of carbonyl (C=O) groups is 1. The fourth-order valence-electron chi connectivity index (χ4n) is 13.7. The number of ether oxygens (including phenoxy) is 6. The lowest BCUT2D eigenvalue weighted by Crippen LogP contribution is -2.66. The number of carbonyl (C=O) groups excluding carboxylic acids is 1. The molecule has 3 heterocycles. The predicted octanol–water partition coefficient (Wildman–Crippen LogP) is 13.3. The molecule has 0 spiro atoms. The van der Waals surface area contributed by atoms with E-state index in [2.05, 4.69) is 67.8 Å². The van der Waals surface area contributed by atoms with Gasteiger partial charge in [0.05, 0.1) is 38.6 Å². The number of amides is 1. The predicted molar refractivity (Wildman–Crippen MR) is 392 cm³/mol. The molecule has 17 atom stereocenters. The fraction of sp³-hybridized carbons (Fsp3) is 0.887. The first-order chi connectivity index (χ1) is 48.3. The SMILES string of the molecule is CC/C=C\C/C=C\C/C=C\C/C=C\CCCCCCCCCCCCCCCCC(=O)NC(COC1OC(CO)C(OC2OC(CO)C(OC3OC(CO)C(O)C(O)C3O)C(O)C2O)C(O)C1O)C(O)CCCCCCCCCCCCCCCCCCCCCCCCCCCCC. The van der Waals surface area contributed by atoms with E-state index in [1.807, 2.05) is 0 Å². The number of unbranched alkanes of at least 4 members (excludes halogenated alkanes) is 40. The normalized spacial score (nSPS) is 26.8. The fourth-order valence-corrected chi connectivity index (χ4v) is 13.7. The summed E-state index contributed by atoms with van der Waals surface area (Å²) in [6.45, 7) is 1.74. The van der Waals surface area contributed by atoms with Gasteiger partial charge in [0.2, 0.25) is 5.91 Å². The molecule has 3 fully saturated rings. The van der Waals surface area contributed by atoms with Crippen LogP contribution in [-0.4, -0.2) is 193 Å². The molecule has 3 saturated heterocycles. The molecule has 0 bridgehead atoms. The number of aliphatic hydroxyl groups is 11. The molecule has 0 saturated carbocycles. The smallest absolute Gasteiger partial charge is 0.220 e. The monoisotopic (exact) mass is 1410 g/mol. The second-order valence-corrected chi connectivity index (χ2v) is 28.9. The van der Waals surface area contributed by atoms with Crippen LogP contribution in [0.1, 0.15) is 322 Å². The summed E-state index contributed by atoms with van der Waals surface area (Å²) in [6, 6.07) is -0.890. The van der Waals surface area contributed by atoms with Crippen molar-refractivity contribution in [3.8, 4) is 0 Å². The summed E-state index contributed by atoms with van der Waals surface area (Å²) >= 11 is 0. The zero-order valence-electron chi connectivity index (χ0n) is 62.0. The van der Waals surface area contributed by atoms with Crippen molar-refractivity contribution in [2.24, 2.45) is 0 Å². The van der Waals surface area contributed by atoms with E-state index in [0.29, 0.717) is 12.8 Å². The molecular weight excluding hydrogens is 1260 g/mol. The Morgan fingerprint density at radius 2 is 0.697 bits per heavy atom. The van der Waals surface area contributed by atoms with Gasteiger partial charge in [0.1, 0.15) is 73.2 Å². The lowest BCUT2D eigenvalue weighted by atomic mass is 9.96. The number of aliphatic hydroxyl groups excluding tert-OH is 11. The quantitative estimate of drug-likeness (QED) is 0.0199. The third kappa shape index (κ3) is 41.3. The van der Waals surface area contributed by atoms with Crippen LogP contribution in [0.5, 0.6) is 0 Å². The maximum Gasteiger partial charge on any atom is 0.220 e. The van der Waals surface area contributed by atoms with Gasteiger partial charge in [-0.25, -0.2) is 0 Å². The van der Waals surface area contributed by atoms with Crippen LogP contribution in [0.2, 0.25) is 0 Å². The van der Waals surface area contributed by atoms with Gasteiger partial charge >= 0.3 is 0 Å². The standard InChI is InChI=1S/C80H147NO18/c1-3-5-7-9-11-13-15-17-19-21-23-25-27-29-31-33-35-37-39-41-43-45-47-49-51-53-55-57-64(85)63(81-68(86)58-56-54-52-50-48-46-44-42-40-38-36-34-32-30-28-26-24-22-20-18-16-14-12-10-8-6-4-2)62-94-78-74(92)71(89)76(66(60-83)96-78)99-80-75(93)72(90)77(67(61-84)97-80)98-79-73(91)70(88)69(87)65(59-82)95-79/h6,8,12,14,18,20,24,26,63-67,69-80,82-85,87-93H,3-5,7,9-11,13,15-17,19,21-23,25,27-62H2,1-2H3,(H,81,86)/b8-6-,14-12-,20-18-,26-24-. The molecular formula is C80H147NO18. The lowest BCUT2D eigenvalue weighted by molar-refractivity contribution is -0.379. The Hall–Kier alpha value is -2.25. The van der Waals surface area contributed by atoms with Crippen molar-refractivity contribution >= 4 is 5.91 Å². The number of allylic oxidation sites excluding steroid dienone is 8. The van der Waals surface area contributed by atoms with E-state index < -0.39 is 124 Å². The Kier molecular flexibility index (Phi) is 56.0. The van der Waals surface area contributed by atoms with Crippen LogP contribution < -0.4 is 5.32 Å². The van der Waals surface area contributed by atoms with Crippen molar-refractivity contribution in [2.75, 3.05) is 26.4 Å². The van der Waals surface area contributed by atoms with Gasteiger partial charge in [-0.3, -0.25) is 4.79 Å². The zero-order valence-corrected chi connectivity index (χ0v) is 62.0. The van der Waals surface area contributed by atoms with Crippen LogP contribution in [0.15, 0.2) is 48.6 Å². The first-order valence-electron chi connectivity index (χ1n) is 40.4. The van der Waals surface area contributed by atoms with Gasteiger partial charge in [0.25, 0.3) is 0 Å². The summed E-state index contributed by atoms with van der Waals surface area (Å²) < 4.78 is 34.5. The highest BCUT2D eigenvalue weighted by molar-refractivity contribution is 5.76. The Labute approximate surface area is 599 Å². The van der Waals surface area contributed by atoms with Crippen molar-refractivity contribution in [2.45, 2.75) is 426 Å². The highest BCUT2D eigenvalue weighted by Gasteiger charge is 2.54. The molecule has 580 valence electrons. The summed E-state index contributed by atoms with van der Waals surface area (Å²) in [5.74, 6) is -0.240. The van der Waals surface area contributed by atoms with Crippen LogP contribution in [0.25, 0.3) is 0 Å². The van der Waals surface area contributed by atoms with Crippen molar-refractivity contribution in [3.05, 3.63) is 48.6 Å². The summed E-state index contributed by atoms with van der Waals surface area (Å²) in [4.78, 5) is 13.5. The second kappa shape index (κ2) is 61.0. The number of rotatable bonds is 64. The first kappa shape index (κ1) is 91.0. The van der Waals surface area contributed by atoms with E-state index in [9.17, 15) is 61.0 Å². The molecule has 3 rings (SSSR count). The number of hydrogen-bond donors (Lipinski definition) is 12. The van der Waals surface area contributed by atoms with Crippen LogP contribution in [0.4, 0.5) is 0 Å². The molecule has 12 N–H and O–H groups in total. The van der Waals surface area contributed by atoms with E-state index >= 15 is 0 Å². The molecule has 0 radical (unpaired) electrons. The molecule has 1 amide bonds. The molecule has 99 heavy (non-hydrogen) atoms. The second-order valence-electron chi connectivity index (χ2n) is 28.9. The van der Waals surface area contributed by atoms with Crippen molar-refractivity contribution in [1.29, 1.82) is 0 Å². The highest BCUT2D eigenvalue weighted by atomic mass is 16.8. The van der Waals surface area contributed by atoms with Crippen LogP contribution in [-0.2, 0) is 33.2 Å². The van der Waals surface area contributed by atoms with E-state index in [4.69, 9.17) is 28.4 Å². The van der Waals surface area contributed by atoms with Gasteiger partial charge in [-0.15, -0.1) is 0 Å². The lowest BCUT2D eigenvalue weighted by Gasteiger charge is -2.48.